The van der Waals surface area contributed by atoms with Crippen molar-refractivity contribution in [3.05, 3.63) is 12.2 Å². The molecular formula is C17H32O5. The van der Waals surface area contributed by atoms with E-state index in [0.717, 1.165) is 25.7 Å². The minimum absolute atomic E-state index is 0.0933. The predicted octanol–water partition coefficient (Wildman–Crippen LogP) is 1.79. The molecule has 1 heterocycles. The first kappa shape index (κ1) is 19.6. The van der Waals surface area contributed by atoms with Gasteiger partial charge in [-0.1, -0.05) is 38.3 Å². The van der Waals surface area contributed by atoms with Crippen LogP contribution >= 0.6 is 0 Å². The van der Waals surface area contributed by atoms with E-state index >= 15 is 0 Å². The second-order valence-electron chi connectivity index (χ2n) is 5.91. The summed E-state index contributed by atoms with van der Waals surface area (Å²) in [7, 11) is 0. The lowest BCUT2D eigenvalue weighted by Crippen LogP contribution is -2.42. The van der Waals surface area contributed by atoms with E-state index in [1.807, 2.05) is 0 Å². The van der Waals surface area contributed by atoms with E-state index in [2.05, 4.69) is 19.1 Å². The average molecular weight is 316 g/mol. The van der Waals surface area contributed by atoms with Gasteiger partial charge in [0.05, 0.1) is 13.2 Å². The molecule has 5 heteroatoms. The summed E-state index contributed by atoms with van der Waals surface area (Å²) in [5, 5.41) is 28.5. The molecule has 1 aliphatic rings. The number of hydrogen-bond donors (Lipinski definition) is 3. The Morgan fingerprint density at radius 2 is 1.86 bits per heavy atom. The Morgan fingerprint density at radius 3 is 2.45 bits per heavy atom. The van der Waals surface area contributed by atoms with E-state index < -0.39 is 24.4 Å². The predicted molar refractivity (Wildman–Crippen MR) is 85.7 cm³/mol. The molecule has 130 valence electrons. The molecule has 3 N–H and O–H groups in total. The molecule has 0 spiro atoms. The van der Waals surface area contributed by atoms with E-state index in [4.69, 9.17) is 9.47 Å². The molecule has 1 fully saturated rings. The molecule has 22 heavy (non-hydrogen) atoms. The van der Waals surface area contributed by atoms with Gasteiger partial charge in [-0.2, -0.15) is 0 Å². The third-order valence-electron chi connectivity index (χ3n) is 3.97. The molecule has 0 bridgehead atoms. The van der Waals surface area contributed by atoms with Crippen molar-refractivity contribution in [2.24, 2.45) is 0 Å². The van der Waals surface area contributed by atoms with Crippen molar-refractivity contribution in [2.45, 2.75) is 76.3 Å². The Bertz CT molecular complexity index is 295. The topological polar surface area (TPSA) is 79.2 Å². The van der Waals surface area contributed by atoms with E-state index in [-0.39, 0.29) is 13.2 Å². The molecule has 0 unspecified atom stereocenters. The Hall–Kier alpha value is -0.460. The highest BCUT2D eigenvalue weighted by Gasteiger charge is 2.40. The van der Waals surface area contributed by atoms with Crippen molar-refractivity contribution in [3.63, 3.8) is 0 Å². The SMILES string of the molecule is CCCC/C=C/CCCCCO[C@H](CO)[C@H]1OC[C@H](O)[C@H]1O. The van der Waals surface area contributed by atoms with E-state index in [1.54, 1.807) is 0 Å². The quantitative estimate of drug-likeness (QED) is 0.378. The molecule has 4 atom stereocenters. The second-order valence-corrected chi connectivity index (χ2v) is 5.91. The maximum Gasteiger partial charge on any atom is 0.114 e. The fraction of sp³-hybridized carbons (Fsp3) is 0.882. The van der Waals surface area contributed by atoms with Gasteiger partial charge in [-0.3, -0.25) is 0 Å². The summed E-state index contributed by atoms with van der Waals surface area (Å²) in [5.74, 6) is 0. The highest BCUT2D eigenvalue weighted by atomic mass is 16.6. The number of unbranched alkanes of at least 4 members (excludes halogenated alkanes) is 5. The number of allylic oxidation sites excluding steroid dienone is 2. The van der Waals surface area contributed by atoms with Gasteiger partial charge in [-0.05, 0) is 25.7 Å². The monoisotopic (exact) mass is 316 g/mol. The van der Waals surface area contributed by atoms with Crippen LogP contribution in [-0.4, -0.2) is 59.6 Å². The minimum atomic E-state index is -0.981. The van der Waals surface area contributed by atoms with Crippen LogP contribution in [0.15, 0.2) is 12.2 Å². The van der Waals surface area contributed by atoms with Gasteiger partial charge >= 0.3 is 0 Å². The third-order valence-corrected chi connectivity index (χ3v) is 3.97. The third kappa shape index (κ3) is 7.20. The summed E-state index contributed by atoms with van der Waals surface area (Å²) in [6, 6.07) is 0. The summed E-state index contributed by atoms with van der Waals surface area (Å²) in [5.41, 5.74) is 0. The molecule has 5 nitrogen and oxygen atoms in total. The van der Waals surface area contributed by atoms with Crippen LogP contribution < -0.4 is 0 Å². The molecule has 0 radical (unpaired) electrons. The molecule has 0 amide bonds. The largest absolute Gasteiger partial charge is 0.394 e. The van der Waals surface area contributed by atoms with Crippen molar-refractivity contribution >= 4 is 0 Å². The van der Waals surface area contributed by atoms with Crippen LogP contribution in [0.4, 0.5) is 0 Å². The van der Waals surface area contributed by atoms with Gasteiger partial charge in [0.2, 0.25) is 0 Å². The van der Waals surface area contributed by atoms with Gasteiger partial charge in [0.25, 0.3) is 0 Å². The molecule has 0 saturated carbocycles. The molecule has 1 rings (SSSR count). The van der Waals surface area contributed by atoms with Crippen LogP contribution in [0.5, 0.6) is 0 Å². The van der Waals surface area contributed by atoms with E-state index in [1.165, 1.54) is 19.3 Å². The summed E-state index contributed by atoms with van der Waals surface area (Å²) >= 11 is 0. The second kappa shape index (κ2) is 12.0. The molecule has 1 aliphatic heterocycles. The van der Waals surface area contributed by atoms with Gasteiger partial charge in [-0.15, -0.1) is 0 Å². The Morgan fingerprint density at radius 1 is 1.14 bits per heavy atom. The lowest BCUT2D eigenvalue weighted by Gasteiger charge is -2.24. The van der Waals surface area contributed by atoms with Crippen molar-refractivity contribution in [1.29, 1.82) is 0 Å². The first-order valence-corrected chi connectivity index (χ1v) is 8.55. The van der Waals surface area contributed by atoms with Crippen LogP contribution in [0.25, 0.3) is 0 Å². The summed E-state index contributed by atoms with van der Waals surface area (Å²) < 4.78 is 10.9. The standard InChI is InChI=1S/C17H32O5/c1-2-3-4-5-6-7-8-9-10-11-21-15(12-18)17-16(20)14(19)13-22-17/h5-6,14-20H,2-4,7-13H2,1H3/b6-5+/t14-,15+,16+,17+/m0/s1. The summed E-state index contributed by atoms with van der Waals surface area (Å²) in [6.07, 6.45) is 9.34. The van der Waals surface area contributed by atoms with Gasteiger partial charge in [0, 0.05) is 6.61 Å². The Balaban J connectivity index is 2.04. The van der Waals surface area contributed by atoms with Gasteiger partial charge in [0.1, 0.15) is 24.4 Å². The van der Waals surface area contributed by atoms with Crippen LogP contribution in [0.2, 0.25) is 0 Å². The zero-order chi connectivity index (χ0) is 16.2. The molecule has 1 saturated heterocycles. The number of rotatable bonds is 12. The Kier molecular flexibility index (Phi) is 10.7. The van der Waals surface area contributed by atoms with E-state index in [9.17, 15) is 15.3 Å². The van der Waals surface area contributed by atoms with Crippen LogP contribution in [0.3, 0.4) is 0 Å². The number of aliphatic hydroxyl groups excluding tert-OH is 3. The lowest BCUT2D eigenvalue weighted by molar-refractivity contribution is -0.101. The zero-order valence-corrected chi connectivity index (χ0v) is 13.7. The maximum absolute atomic E-state index is 9.75. The van der Waals surface area contributed by atoms with Crippen LogP contribution in [0.1, 0.15) is 51.9 Å². The van der Waals surface area contributed by atoms with Crippen molar-refractivity contribution < 1.29 is 24.8 Å². The average Bonchev–Trinajstić information content (AvgIpc) is 2.85. The van der Waals surface area contributed by atoms with Gasteiger partial charge in [-0.25, -0.2) is 0 Å². The van der Waals surface area contributed by atoms with E-state index in [0.29, 0.717) is 6.61 Å². The summed E-state index contributed by atoms with van der Waals surface area (Å²) in [6.45, 7) is 2.61. The Labute approximate surface area is 133 Å². The van der Waals surface area contributed by atoms with Gasteiger partial charge < -0.3 is 24.8 Å². The smallest absolute Gasteiger partial charge is 0.114 e. The number of hydrogen-bond acceptors (Lipinski definition) is 5. The zero-order valence-electron chi connectivity index (χ0n) is 13.7. The van der Waals surface area contributed by atoms with Crippen LogP contribution in [-0.2, 0) is 9.47 Å². The molecule has 0 aromatic carbocycles. The summed E-state index contributed by atoms with van der Waals surface area (Å²) in [4.78, 5) is 0. The number of ether oxygens (including phenoxy) is 2. The first-order chi connectivity index (χ1) is 10.7. The van der Waals surface area contributed by atoms with Crippen LogP contribution in [0, 0.1) is 0 Å². The van der Waals surface area contributed by atoms with Crippen molar-refractivity contribution in [3.8, 4) is 0 Å². The normalized spacial score (nSPS) is 26.8. The number of aliphatic hydroxyl groups is 3. The fourth-order valence-electron chi connectivity index (χ4n) is 2.54. The fourth-order valence-corrected chi connectivity index (χ4v) is 2.54. The minimum Gasteiger partial charge on any atom is -0.394 e. The molecule has 0 aromatic heterocycles. The highest BCUT2D eigenvalue weighted by molar-refractivity contribution is 4.88. The van der Waals surface area contributed by atoms with Crippen molar-refractivity contribution in [2.75, 3.05) is 19.8 Å². The lowest BCUT2D eigenvalue weighted by atomic mass is 10.1. The molecule has 0 aliphatic carbocycles. The van der Waals surface area contributed by atoms with Gasteiger partial charge in [0.15, 0.2) is 0 Å². The maximum atomic E-state index is 9.75. The van der Waals surface area contributed by atoms with Crippen molar-refractivity contribution in [1.82, 2.24) is 0 Å². The molecule has 0 aromatic rings. The highest BCUT2D eigenvalue weighted by Crippen LogP contribution is 2.19. The molecular weight excluding hydrogens is 284 g/mol. The first-order valence-electron chi connectivity index (χ1n) is 8.55.